The molecule has 0 aromatic rings. The van der Waals surface area contributed by atoms with E-state index in [1.807, 2.05) is 0 Å². The summed E-state index contributed by atoms with van der Waals surface area (Å²) in [6.45, 7) is 0. The van der Waals surface area contributed by atoms with Crippen LogP contribution in [-0.2, 0) is 19.2 Å². The Morgan fingerprint density at radius 2 is 1.00 bits per heavy atom. The van der Waals surface area contributed by atoms with E-state index in [4.69, 9.17) is 5.73 Å². The van der Waals surface area contributed by atoms with E-state index >= 15 is 0 Å². The van der Waals surface area contributed by atoms with Gasteiger partial charge in [-0.25, -0.2) is 0 Å². The highest BCUT2D eigenvalue weighted by Crippen LogP contribution is 2.51. The Labute approximate surface area is 112 Å². The first kappa shape index (κ1) is 14.0. The van der Waals surface area contributed by atoms with Crippen LogP contribution in [0.25, 0.3) is 0 Å². The average Bonchev–Trinajstić information content (AvgIpc) is 2.36. The number of carboxylic acid groups (broad SMARTS) is 3. The normalized spacial score (nSPS) is 38.4. The molecule has 0 aromatic carbocycles. The molecule has 3 aliphatic rings. The number of hydrogen-bond acceptors (Lipinski definition) is 4. The first-order valence-electron chi connectivity index (χ1n) is 5.93. The van der Waals surface area contributed by atoms with Crippen molar-refractivity contribution in [3.63, 3.8) is 0 Å². The summed E-state index contributed by atoms with van der Waals surface area (Å²) in [6.07, 6.45) is 2.78. The maximum atomic E-state index is 11.5. The van der Waals surface area contributed by atoms with E-state index in [0.717, 1.165) is 0 Å². The molecule has 6 atom stereocenters. The van der Waals surface area contributed by atoms with Crippen molar-refractivity contribution in [1.29, 1.82) is 0 Å². The van der Waals surface area contributed by atoms with Crippen molar-refractivity contribution >= 4 is 23.8 Å². The molecule has 1 amide bonds. The molecule has 0 radical (unpaired) electrons. The van der Waals surface area contributed by atoms with E-state index in [1.54, 1.807) is 0 Å². The summed E-state index contributed by atoms with van der Waals surface area (Å²) in [5.41, 5.74) is 5.19. The molecule has 0 saturated heterocycles. The third kappa shape index (κ3) is 1.84. The molecule has 0 spiro atoms. The fourth-order valence-corrected chi connectivity index (χ4v) is 3.46. The number of primary amides is 1. The SMILES string of the molecule is NC(=O)C1C2C=CC(C1C(=O)O)C(C(=O)O)C2C(=O)O. The molecule has 8 heteroatoms. The number of carbonyl (C=O) groups is 4. The molecule has 5 N–H and O–H groups in total. The Morgan fingerprint density at radius 1 is 0.700 bits per heavy atom. The smallest absolute Gasteiger partial charge is 0.308 e. The van der Waals surface area contributed by atoms with Gasteiger partial charge < -0.3 is 21.1 Å². The van der Waals surface area contributed by atoms with E-state index < -0.39 is 59.3 Å². The van der Waals surface area contributed by atoms with Gasteiger partial charge in [0.15, 0.2) is 0 Å². The summed E-state index contributed by atoms with van der Waals surface area (Å²) in [6, 6.07) is 0. The van der Waals surface area contributed by atoms with Crippen LogP contribution in [0, 0.1) is 35.5 Å². The maximum absolute atomic E-state index is 11.5. The minimum atomic E-state index is -1.38. The first-order valence-corrected chi connectivity index (χ1v) is 5.93. The Balaban J connectivity index is 2.56. The minimum absolute atomic E-state index is 0.924. The molecule has 3 rings (SSSR count). The van der Waals surface area contributed by atoms with Crippen LogP contribution in [0.2, 0.25) is 0 Å². The molecule has 6 unspecified atom stereocenters. The standard InChI is InChI=1S/C12H13NO7/c13-9(14)5-3-1-2-4(6(5)10(15)16)8(12(19)20)7(3)11(17)18/h1-8H,(H2,13,14)(H,15,16)(H,17,18)(H,19,20). The van der Waals surface area contributed by atoms with E-state index in [-0.39, 0.29) is 0 Å². The number of amides is 1. The Bertz CT molecular complexity index is 440. The predicted molar refractivity (Wildman–Crippen MR) is 62.2 cm³/mol. The van der Waals surface area contributed by atoms with Crippen molar-refractivity contribution in [2.75, 3.05) is 0 Å². The third-order valence-electron chi connectivity index (χ3n) is 4.17. The van der Waals surface area contributed by atoms with Crippen molar-refractivity contribution in [2.24, 2.45) is 41.2 Å². The zero-order valence-corrected chi connectivity index (χ0v) is 10.2. The summed E-state index contributed by atoms with van der Waals surface area (Å²) in [4.78, 5) is 45.4. The van der Waals surface area contributed by atoms with Crippen LogP contribution in [0.15, 0.2) is 12.2 Å². The van der Waals surface area contributed by atoms with Gasteiger partial charge in [0.05, 0.1) is 23.7 Å². The number of allylic oxidation sites excluding steroid dienone is 2. The molecule has 20 heavy (non-hydrogen) atoms. The number of aliphatic carboxylic acids is 3. The number of hydrogen-bond donors (Lipinski definition) is 4. The lowest BCUT2D eigenvalue weighted by molar-refractivity contribution is -0.173. The van der Waals surface area contributed by atoms with Gasteiger partial charge in [0, 0.05) is 11.8 Å². The van der Waals surface area contributed by atoms with Crippen molar-refractivity contribution in [3.8, 4) is 0 Å². The van der Waals surface area contributed by atoms with Crippen LogP contribution >= 0.6 is 0 Å². The van der Waals surface area contributed by atoms with Crippen LogP contribution in [-0.4, -0.2) is 39.1 Å². The van der Waals surface area contributed by atoms with Gasteiger partial charge in [0.2, 0.25) is 5.91 Å². The topological polar surface area (TPSA) is 155 Å². The second-order valence-corrected chi connectivity index (χ2v) is 5.06. The van der Waals surface area contributed by atoms with Gasteiger partial charge in [-0.1, -0.05) is 12.2 Å². The third-order valence-corrected chi connectivity index (χ3v) is 4.17. The van der Waals surface area contributed by atoms with Gasteiger partial charge in [-0.2, -0.15) is 0 Å². The zero-order valence-electron chi connectivity index (χ0n) is 10.2. The van der Waals surface area contributed by atoms with Crippen LogP contribution < -0.4 is 5.73 Å². The van der Waals surface area contributed by atoms with Crippen molar-refractivity contribution in [1.82, 2.24) is 0 Å². The highest BCUT2D eigenvalue weighted by atomic mass is 16.4. The van der Waals surface area contributed by atoms with Crippen molar-refractivity contribution < 1.29 is 34.5 Å². The van der Waals surface area contributed by atoms with Crippen LogP contribution in [0.5, 0.6) is 0 Å². The van der Waals surface area contributed by atoms with Gasteiger partial charge in [-0.05, 0) is 0 Å². The number of rotatable bonds is 4. The fourth-order valence-electron chi connectivity index (χ4n) is 3.46. The van der Waals surface area contributed by atoms with Crippen LogP contribution in [0.4, 0.5) is 0 Å². The maximum Gasteiger partial charge on any atom is 0.308 e. The Kier molecular flexibility index (Phi) is 3.24. The van der Waals surface area contributed by atoms with Gasteiger partial charge in [-0.3, -0.25) is 19.2 Å². The predicted octanol–water partition coefficient (Wildman–Crippen LogP) is -0.994. The number of nitrogens with two attached hydrogens (primary N) is 1. The lowest BCUT2D eigenvalue weighted by atomic mass is 9.53. The molecule has 8 nitrogen and oxygen atoms in total. The van der Waals surface area contributed by atoms with Crippen LogP contribution in [0.3, 0.4) is 0 Å². The van der Waals surface area contributed by atoms with Gasteiger partial charge >= 0.3 is 17.9 Å². The van der Waals surface area contributed by atoms with Crippen molar-refractivity contribution in [2.45, 2.75) is 0 Å². The molecule has 3 aliphatic carbocycles. The summed E-state index contributed by atoms with van der Waals surface area (Å²) in [5, 5.41) is 27.6. The minimum Gasteiger partial charge on any atom is -0.481 e. The average molecular weight is 283 g/mol. The van der Waals surface area contributed by atoms with Gasteiger partial charge in [0.25, 0.3) is 0 Å². The molecule has 0 aromatic heterocycles. The van der Waals surface area contributed by atoms with E-state index in [2.05, 4.69) is 0 Å². The van der Waals surface area contributed by atoms with Crippen molar-refractivity contribution in [3.05, 3.63) is 12.2 Å². The fraction of sp³-hybridized carbons (Fsp3) is 0.500. The van der Waals surface area contributed by atoms with E-state index in [1.165, 1.54) is 12.2 Å². The van der Waals surface area contributed by atoms with E-state index in [0.29, 0.717) is 0 Å². The quantitative estimate of drug-likeness (QED) is 0.482. The first-order chi connectivity index (χ1) is 9.27. The highest BCUT2D eigenvalue weighted by molar-refractivity contribution is 5.90. The summed E-state index contributed by atoms with van der Waals surface area (Å²) in [7, 11) is 0. The molecule has 0 heterocycles. The number of carboxylic acids is 3. The van der Waals surface area contributed by atoms with Gasteiger partial charge in [-0.15, -0.1) is 0 Å². The van der Waals surface area contributed by atoms with Gasteiger partial charge in [0.1, 0.15) is 0 Å². The molecular weight excluding hydrogens is 270 g/mol. The molecule has 1 saturated carbocycles. The summed E-state index contributed by atoms with van der Waals surface area (Å²) >= 11 is 0. The molecule has 108 valence electrons. The second kappa shape index (κ2) is 4.62. The lowest BCUT2D eigenvalue weighted by Crippen LogP contribution is -2.58. The van der Waals surface area contributed by atoms with E-state index in [9.17, 15) is 34.5 Å². The lowest BCUT2D eigenvalue weighted by Gasteiger charge is -2.48. The number of carbonyl (C=O) groups excluding carboxylic acids is 1. The Morgan fingerprint density at radius 3 is 1.30 bits per heavy atom. The molecule has 1 fully saturated rings. The largest absolute Gasteiger partial charge is 0.481 e. The zero-order chi connectivity index (χ0) is 15.2. The molecular formula is C12H13NO7. The number of fused-ring (bicyclic) bond motifs is 2. The monoisotopic (exact) mass is 283 g/mol. The van der Waals surface area contributed by atoms with Crippen LogP contribution in [0.1, 0.15) is 0 Å². The second-order valence-electron chi connectivity index (χ2n) is 5.06. The summed E-state index contributed by atoms with van der Waals surface area (Å²) in [5.74, 6) is -12.3. The Hall–Kier alpha value is -2.38. The molecule has 0 aliphatic heterocycles. The summed E-state index contributed by atoms with van der Waals surface area (Å²) < 4.78 is 0. The highest BCUT2D eigenvalue weighted by Gasteiger charge is 2.60. The molecule has 2 bridgehead atoms.